The predicted molar refractivity (Wildman–Crippen MR) is 103 cm³/mol. The topological polar surface area (TPSA) is 38.3 Å². The minimum absolute atomic E-state index is 0.00222. The van der Waals surface area contributed by atoms with Crippen molar-refractivity contribution in [1.29, 1.82) is 0 Å². The molecule has 0 saturated heterocycles. The fourth-order valence-electron chi connectivity index (χ4n) is 2.74. The predicted octanol–water partition coefficient (Wildman–Crippen LogP) is 4.96. The van der Waals surface area contributed by atoms with E-state index in [-0.39, 0.29) is 11.9 Å². The third-order valence-corrected chi connectivity index (χ3v) is 4.82. The van der Waals surface area contributed by atoms with Crippen LogP contribution in [0.1, 0.15) is 54.1 Å². The number of ether oxygens (including phenoxy) is 1. The molecule has 2 aromatic rings. The fourth-order valence-corrected chi connectivity index (χ4v) is 2.74. The average molecular weight is 339 g/mol. The highest BCUT2D eigenvalue weighted by Crippen LogP contribution is 2.21. The third-order valence-electron chi connectivity index (χ3n) is 4.82. The van der Waals surface area contributed by atoms with Crippen LogP contribution in [0.5, 0.6) is 5.75 Å². The molecule has 3 heteroatoms. The minimum atomic E-state index is -0.539. The van der Waals surface area contributed by atoms with Gasteiger partial charge in [-0.1, -0.05) is 31.2 Å². The molecule has 0 radical (unpaired) electrons. The number of aryl methyl sites for hydroxylation is 4. The van der Waals surface area contributed by atoms with Gasteiger partial charge in [0.05, 0.1) is 6.04 Å². The summed E-state index contributed by atoms with van der Waals surface area (Å²) in [5, 5.41) is 3.11. The largest absolute Gasteiger partial charge is 0.481 e. The molecule has 0 fully saturated rings. The first-order chi connectivity index (χ1) is 11.8. The van der Waals surface area contributed by atoms with Crippen molar-refractivity contribution in [2.24, 2.45) is 0 Å². The van der Waals surface area contributed by atoms with Crippen LogP contribution in [0.15, 0.2) is 36.4 Å². The van der Waals surface area contributed by atoms with E-state index in [1.54, 1.807) is 6.92 Å². The molecular weight excluding hydrogens is 310 g/mol. The second-order valence-electron chi connectivity index (χ2n) is 6.82. The van der Waals surface area contributed by atoms with E-state index >= 15 is 0 Å². The molecule has 0 heterocycles. The van der Waals surface area contributed by atoms with Gasteiger partial charge in [0.2, 0.25) is 0 Å². The Morgan fingerprint density at radius 1 is 0.960 bits per heavy atom. The molecule has 0 aliphatic heterocycles. The summed E-state index contributed by atoms with van der Waals surface area (Å²) >= 11 is 0. The summed E-state index contributed by atoms with van der Waals surface area (Å²) in [7, 11) is 0. The summed E-state index contributed by atoms with van der Waals surface area (Å²) < 4.78 is 5.82. The summed E-state index contributed by atoms with van der Waals surface area (Å²) in [6, 6.07) is 12.2. The lowest BCUT2D eigenvalue weighted by molar-refractivity contribution is -0.128. The van der Waals surface area contributed by atoms with Crippen molar-refractivity contribution in [2.75, 3.05) is 0 Å². The van der Waals surface area contributed by atoms with Gasteiger partial charge in [0.25, 0.3) is 5.91 Å². The zero-order chi connectivity index (χ0) is 18.6. The maximum absolute atomic E-state index is 12.6. The van der Waals surface area contributed by atoms with Crippen molar-refractivity contribution in [2.45, 2.75) is 60.1 Å². The molecule has 0 saturated carbocycles. The molecule has 1 N–H and O–H groups in total. The first kappa shape index (κ1) is 19.0. The highest BCUT2D eigenvalue weighted by Gasteiger charge is 2.19. The van der Waals surface area contributed by atoms with E-state index in [1.165, 1.54) is 16.7 Å². The van der Waals surface area contributed by atoms with E-state index in [1.807, 2.05) is 25.1 Å². The number of carbonyl (C=O) groups is 1. The molecule has 0 aliphatic rings. The number of carbonyl (C=O) groups excluding carboxylic acids is 1. The van der Waals surface area contributed by atoms with Gasteiger partial charge in [-0.25, -0.2) is 0 Å². The van der Waals surface area contributed by atoms with Gasteiger partial charge in [0.15, 0.2) is 6.10 Å². The average Bonchev–Trinajstić information content (AvgIpc) is 2.58. The standard InChI is InChI=1S/C22H29NO2/c1-7-21(19-10-8-14(2)16(4)12-19)23-22(24)18(6)25-20-11-9-15(3)17(5)13-20/h8-13,18,21H,7H2,1-6H3,(H,23,24)/t18-,21+/m1/s1. The second-order valence-corrected chi connectivity index (χ2v) is 6.82. The summed E-state index contributed by atoms with van der Waals surface area (Å²) in [6.07, 6.45) is 0.299. The van der Waals surface area contributed by atoms with Crippen molar-refractivity contribution in [3.63, 3.8) is 0 Å². The van der Waals surface area contributed by atoms with Crippen molar-refractivity contribution in [3.05, 3.63) is 64.2 Å². The maximum atomic E-state index is 12.6. The van der Waals surface area contributed by atoms with Crippen LogP contribution in [0.4, 0.5) is 0 Å². The minimum Gasteiger partial charge on any atom is -0.481 e. The lowest BCUT2D eigenvalue weighted by atomic mass is 9.99. The Bertz CT molecular complexity index is 752. The monoisotopic (exact) mass is 339 g/mol. The van der Waals surface area contributed by atoms with Crippen molar-refractivity contribution < 1.29 is 9.53 Å². The normalized spacial score (nSPS) is 13.2. The van der Waals surface area contributed by atoms with Crippen molar-refractivity contribution >= 4 is 5.91 Å². The Hall–Kier alpha value is -2.29. The number of rotatable bonds is 6. The van der Waals surface area contributed by atoms with Gasteiger partial charge in [-0.3, -0.25) is 4.79 Å². The molecule has 25 heavy (non-hydrogen) atoms. The van der Waals surface area contributed by atoms with Crippen LogP contribution in [0.3, 0.4) is 0 Å². The Morgan fingerprint density at radius 3 is 2.12 bits per heavy atom. The van der Waals surface area contributed by atoms with E-state index in [9.17, 15) is 4.79 Å². The molecule has 0 aliphatic carbocycles. The second kappa shape index (κ2) is 8.19. The number of benzene rings is 2. The van der Waals surface area contributed by atoms with Gasteiger partial charge in [-0.05, 0) is 81.0 Å². The van der Waals surface area contributed by atoms with E-state index in [0.29, 0.717) is 0 Å². The van der Waals surface area contributed by atoms with E-state index in [4.69, 9.17) is 4.74 Å². The Morgan fingerprint density at radius 2 is 1.56 bits per heavy atom. The zero-order valence-electron chi connectivity index (χ0n) is 16.1. The van der Waals surface area contributed by atoms with E-state index < -0.39 is 6.10 Å². The lowest BCUT2D eigenvalue weighted by Gasteiger charge is -2.22. The van der Waals surface area contributed by atoms with Crippen LogP contribution in [0, 0.1) is 27.7 Å². The number of hydrogen-bond acceptors (Lipinski definition) is 2. The molecule has 2 aromatic carbocycles. The molecule has 2 atom stereocenters. The number of amides is 1. The van der Waals surface area contributed by atoms with Gasteiger partial charge in [0, 0.05) is 0 Å². The zero-order valence-corrected chi connectivity index (χ0v) is 16.1. The van der Waals surface area contributed by atoms with Gasteiger partial charge >= 0.3 is 0 Å². The van der Waals surface area contributed by atoms with E-state index in [0.717, 1.165) is 23.3 Å². The van der Waals surface area contributed by atoms with Gasteiger partial charge in [-0.2, -0.15) is 0 Å². The van der Waals surface area contributed by atoms with E-state index in [2.05, 4.69) is 51.2 Å². The summed E-state index contributed by atoms with van der Waals surface area (Å²) in [5.74, 6) is 0.633. The molecule has 0 bridgehead atoms. The molecule has 3 nitrogen and oxygen atoms in total. The molecular formula is C22H29NO2. The summed E-state index contributed by atoms with van der Waals surface area (Å²) in [5.41, 5.74) is 6.01. The van der Waals surface area contributed by atoms with Crippen LogP contribution in [0.25, 0.3) is 0 Å². The van der Waals surface area contributed by atoms with Crippen LogP contribution in [0.2, 0.25) is 0 Å². The number of hydrogen-bond donors (Lipinski definition) is 1. The van der Waals surface area contributed by atoms with Gasteiger partial charge < -0.3 is 10.1 Å². The van der Waals surface area contributed by atoms with Crippen molar-refractivity contribution in [1.82, 2.24) is 5.32 Å². The summed E-state index contributed by atoms with van der Waals surface area (Å²) in [4.78, 5) is 12.6. The molecule has 2 rings (SSSR count). The fraction of sp³-hybridized carbons (Fsp3) is 0.409. The van der Waals surface area contributed by atoms with Gasteiger partial charge in [-0.15, -0.1) is 0 Å². The smallest absolute Gasteiger partial charge is 0.261 e. The quantitative estimate of drug-likeness (QED) is 0.808. The Labute approximate surface area is 151 Å². The number of nitrogens with one attached hydrogen (secondary N) is 1. The molecule has 0 aromatic heterocycles. The maximum Gasteiger partial charge on any atom is 0.261 e. The Kier molecular flexibility index (Phi) is 6.24. The molecule has 0 unspecified atom stereocenters. The first-order valence-electron chi connectivity index (χ1n) is 8.93. The molecule has 1 amide bonds. The SMILES string of the molecule is CC[C@H](NC(=O)[C@@H](C)Oc1ccc(C)c(C)c1)c1ccc(C)c(C)c1. The van der Waals surface area contributed by atoms with Crippen LogP contribution >= 0.6 is 0 Å². The van der Waals surface area contributed by atoms with Crippen LogP contribution in [-0.4, -0.2) is 12.0 Å². The Balaban J connectivity index is 2.05. The van der Waals surface area contributed by atoms with Crippen LogP contribution < -0.4 is 10.1 Å². The first-order valence-corrected chi connectivity index (χ1v) is 8.93. The summed E-state index contributed by atoms with van der Waals surface area (Å²) in [6.45, 7) is 12.2. The van der Waals surface area contributed by atoms with Gasteiger partial charge in [0.1, 0.15) is 5.75 Å². The van der Waals surface area contributed by atoms with Crippen LogP contribution in [-0.2, 0) is 4.79 Å². The van der Waals surface area contributed by atoms with Crippen molar-refractivity contribution in [3.8, 4) is 5.75 Å². The molecule has 0 spiro atoms. The highest BCUT2D eigenvalue weighted by atomic mass is 16.5. The lowest BCUT2D eigenvalue weighted by Crippen LogP contribution is -2.38. The molecule has 134 valence electrons. The third kappa shape index (κ3) is 4.85. The highest BCUT2D eigenvalue weighted by molar-refractivity contribution is 5.81.